The lowest BCUT2D eigenvalue weighted by molar-refractivity contribution is -0.123. The average molecular weight is 260 g/mol. The normalized spacial score (nSPS) is 13.6. The molecule has 1 heterocycles. The third-order valence-corrected chi connectivity index (χ3v) is 3.03. The fraction of sp³-hybridized carbons (Fsp3) is 0.429. The van der Waals surface area contributed by atoms with Crippen LogP contribution >= 0.6 is 0 Å². The number of fused-ring (bicyclic) bond motifs is 1. The summed E-state index contributed by atoms with van der Waals surface area (Å²) < 4.78 is 10.9. The predicted octanol–water partition coefficient (Wildman–Crippen LogP) is 1.97. The topological polar surface area (TPSA) is 62.6 Å². The van der Waals surface area contributed by atoms with Crippen LogP contribution in [0.15, 0.2) is 18.2 Å². The molecule has 0 saturated carbocycles. The fourth-order valence-electron chi connectivity index (χ4n) is 1.83. The highest BCUT2D eigenvalue weighted by Gasteiger charge is 2.31. The van der Waals surface area contributed by atoms with Crippen LogP contribution in [0.1, 0.15) is 13.8 Å². The minimum absolute atomic E-state index is 0.258. The predicted molar refractivity (Wildman–Crippen MR) is 70.2 cm³/mol. The van der Waals surface area contributed by atoms with Crippen LogP contribution in [0.2, 0.25) is 0 Å². The smallest absolute Gasteiger partial charge is 0.246 e. The van der Waals surface area contributed by atoms with Crippen LogP contribution in [-0.2, 0) is 4.79 Å². The highest BCUT2D eigenvalue weighted by Crippen LogP contribution is 2.34. The molecule has 1 aromatic rings. The monoisotopic (exact) mass is 260 g/mol. The number of carbonyl (C=O) groups excluding carboxylic acids is 1. The molecular formula is C14H16N2O3. The lowest BCUT2D eigenvalue weighted by atomic mass is 9.94. The Labute approximate surface area is 112 Å². The summed E-state index contributed by atoms with van der Waals surface area (Å²) in [6, 6.07) is 7.30. The number of benzene rings is 1. The Morgan fingerprint density at radius 2 is 1.95 bits per heavy atom. The number of nitriles is 1. The quantitative estimate of drug-likeness (QED) is 0.815. The van der Waals surface area contributed by atoms with Crippen LogP contribution in [0.25, 0.3) is 0 Å². The van der Waals surface area contributed by atoms with Crippen LogP contribution in [0, 0.1) is 16.7 Å². The molecule has 0 fully saturated rings. The summed E-state index contributed by atoms with van der Waals surface area (Å²) in [7, 11) is 1.65. The second-order valence-electron chi connectivity index (χ2n) is 4.93. The van der Waals surface area contributed by atoms with Crippen LogP contribution in [0.3, 0.4) is 0 Å². The third-order valence-electron chi connectivity index (χ3n) is 3.03. The summed E-state index contributed by atoms with van der Waals surface area (Å²) in [6.45, 7) is 4.23. The molecule has 5 heteroatoms. The number of nitrogens with zero attached hydrogens (tertiary/aromatic N) is 2. The van der Waals surface area contributed by atoms with E-state index in [0.717, 1.165) is 0 Å². The van der Waals surface area contributed by atoms with Gasteiger partial charge in [-0.2, -0.15) is 5.26 Å². The molecule has 1 aliphatic rings. The van der Waals surface area contributed by atoms with Crippen LogP contribution in [-0.4, -0.2) is 26.2 Å². The van der Waals surface area contributed by atoms with Crippen molar-refractivity contribution in [3.63, 3.8) is 0 Å². The summed E-state index contributed by atoms with van der Waals surface area (Å²) in [5, 5.41) is 9.01. The molecule has 0 unspecified atom stereocenters. The molecule has 0 aromatic heterocycles. The summed E-state index contributed by atoms with van der Waals surface area (Å²) in [5.41, 5.74) is -0.375. The SMILES string of the molecule is CN(C(=O)C(C)(C)C#N)c1ccc2c(c1)OCCO2. The molecule has 1 aromatic carbocycles. The largest absolute Gasteiger partial charge is 0.486 e. The molecule has 0 N–H and O–H groups in total. The molecule has 0 radical (unpaired) electrons. The number of anilines is 1. The minimum atomic E-state index is -1.05. The van der Waals surface area contributed by atoms with E-state index >= 15 is 0 Å². The number of hydrogen-bond donors (Lipinski definition) is 0. The summed E-state index contributed by atoms with van der Waals surface area (Å²) in [4.78, 5) is 13.7. The maximum atomic E-state index is 12.2. The zero-order valence-corrected chi connectivity index (χ0v) is 11.3. The van der Waals surface area contributed by atoms with Gasteiger partial charge in [-0.15, -0.1) is 0 Å². The van der Waals surface area contributed by atoms with Crippen LogP contribution in [0.5, 0.6) is 11.5 Å². The first-order valence-electron chi connectivity index (χ1n) is 6.05. The van der Waals surface area contributed by atoms with Crippen molar-refractivity contribution in [3.05, 3.63) is 18.2 Å². The maximum absolute atomic E-state index is 12.2. The van der Waals surface area contributed by atoms with Crippen molar-refractivity contribution in [3.8, 4) is 17.6 Å². The summed E-state index contributed by atoms with van der Waals surface area (Å²) in [5.74, 6) is 1.04. The van der Waals surface area contributed by atoms with E-state index in [4.69, 9.17) is 14.7 Å². The Balaban J connectivity index is 2.27. The van der Waals surface area contributed by atoms with Gasteiger partial charge in [0.05, 0.1) is 6.07 Å². The van der Waals surface area contributed by atoms with Gasteiger partial charge in [0, 0.05) is 18.8 Å². The summed E-state index contributed by atoms with van der Waals surface area (Å²) >= 11 is 0. The van der Waals surface area contributed by atoms with Gasteiger partial charge >= 0.3 is 0 Å². The second kappa shape index (κ2) is 4.81. The van der Waals surface area contributed by atoms with Crippen molar-refractivity contribution in [1.29, 1.82) is 5.26 Å². The van der Waals surface area contributed by atoms with E-state index in [1.807, 2.05) is 6.07 Å². The van der Waals surface area contributed by atoms with Crippen molar-refractivity contribution in [1.82, 2.24) is 0 Å². The van der Waals surface area contributed by atoms with E-state index in [-0.39, 0.29) is 5.91 Å². The van der Waals surface area contributed by atoms with E-state index in [9.17, 15) is 4.79 Å². The Bertz CT molecular complexity index is 546. The van der Waals surface area contributed by atoms with Gasteiger partial charge in [0.15, 0.2) is 11.5 Å². The van der Waals surface area contributed by atoms with Gasteiger partial charge in [0.1, 0.15) is 18.6 Å². The first-order valence-corrected chi connectivity index (χ1v) is 6.05. The van der Waals surface area contributed by atoms with Gasteiger partial charge in [-0.1, -0.05) is 0 Å². The standard InChI is InChI=1S/C14H16N2O3/c1-14(2,9-15)13(17)16(3)10-4-5-11-12(8-10)19-7-6-18-11/h4-5,8H,6-7H2,1-3H3. The highest BCUT2D eigenvalue weighted by atomic mass is 16.6. The van der Waals surface area contributed by atoms with Gasteiger partial charge in [-0.3, -0.25) is 4.79 Å². The molecule has 0 bridgehead atoms. The highest BCUT2D eigenvalue weighted by molar-refractivity contribution is 5.98. The number of ether oxygens (including phenoxy) is 2. The zero-order chi connectivity index (χ0) is 14.0. The first-order chi connectivity index (χ1) is 8.95. The molecule has 0 atom stereocenters. The number of carbonyl (C=O) groups is 1. The van der Waals surface area contributed by atoms with Crippen LogP contribution < -0.4 is 14.4 Å². The Hall–Kier alpha value is -2.22. The number of amides is 1. The van der Waals surface area contributed by atoms with Gasteiger partial charge in [-0.05, 0) is 26.0 Å². The third kappa shape index (κ3) is 2.48. The first kappa shape index (κ1) is 13.2. The van der Waals surface area contributed by atoms with E-state index in [1.165, 1.54) is 4.90 Å². The molecule has 0 spiro atoms. The van der Waals surface area contributed by atoms with Gasteiger partial charge in [-0.25, -0.2) is 0 Å². The van der Waals surface area contributed by atoms with E-state index < -0.39 is 5.41 Å². The molecular weight excluding hydrogens is 244 g/mol. The van der Waals surface area contributed by atoms with Gasteiger partial charge < -0.3 is 14.4 Å². The van der Waals surface area contributed by atoms with Gasteiger partial charge in [0.25, 0.3) is 0 Å². The molecule has 0 aliphatic carbocycles. The zero-order valence-electron chi connectivity index (χ0n) is 11.3. The average Bonchev–Trinajstić information content (AvgIpc) is 2.45. The van der Waals surface area contributed by atoms with Crippen molar-refractivity contribution < 1.29 is 14.3 Å². The number of rotatable bonds is 2. The molecule has 2 rings (SSSR count). The maximum Gasteiger partial charge on any atom is 0.246 e. The molecule has 1 amide bonds. The van der Waals surface area contributed by atoms with Crippen LogP contribution in [0.4, 0.5) is 5.69 Å². The Morgan fingerprint density at radius 3 is 2.58 bits per heavy atom. The van der Waals surface area contributed by atoms with E-state index in [0.29, 0.717) is 30.4 Å². The lowest BCUT2D eigenvalue weighted by Crippen LogP contribution is -2.37. The van der Waals surface area contributed by atoms with Crippen molar-refractivity contribution >= 4 is 11.6 Å². The Kier molecular flexibility index (Phi) is 3.34. The van der Waals surface area contributed by atoms with E-state index in [1.54, 1.807) is 39.1 Å². The van der Waals surface area contributed by atoms with Crippen molar-refractivity contribution in [2.24, 2.45) is 5.41 Å². The summed E-state index contributed by atoms with van der Waals surface area (Å²) in [6.07, 6.45) is 0. The van der Waals surface area contributed by atoms with Crippen molar-refractivity contribution in [2.75, 3.05) is 25.2 Å². The van der Waals surface area contributed by atoms with E-state index in [2.05, 4.69) is 0 Å². The molecule has 0 saturated heterocycles. The fourth-order valence-corrected chi connectivity index (χ4v) is 1.83. The second-order valence-corrected chi connectivity index (χ2v) is 4.93. The van der Waals surface area contributed by atoms with Gasteiger partial charge in [0.2, 0.25) is 5.91 Å². The number of hydrogen-bond acceptors (Lipinski definition) is 4. The Morgan fingerprint density at radius 1 is 1.32 bits per heavy atom. The molecule has 1 aliphatic heterocycles. The lowest BCUT2D eigenvalue weighted by Gasteiger charge is -2.26. The minimum Gasteiger partial charge on any atom is -0.486 e. The molecule has 5 nitrogen and oxygen atoms in total. The van der Waals surface area contributed by atoms with Crippen molar-refractivity contribution in [2.45, 2.75) is 13.8 Å². The molecule has 19 heavy (non-hydrogen) atoms. The molecule has 100 valence electrons.